The van der Waals surface area contributed by atoms with E-state index in [9.17, 15) is 4.79 Å². The number of carbonyl (C=O) groups excluding carboxylic acids is 1. The predicted octanol–water partition coefficient (Wildman–Crippen LogP) is 3.48. The van der Waals surface area contributed by atoms with Gasteiger partial charge in [-0.2, -0.15) is 0 Å². The summed E-state index contributed by atoms with van der Waals surface area (Å²) < 4.78 is 0. The number of nitrogens with one attached hydrogen (secondary N) is 1. The van der Waals surface area contributed by atoms with Crippen molar-refractivity contribution < 1.29 is 4.79 Å². The predicted molar refractivity (Wildman–Crippen MR) is 68.3 cm³/mol. The molecule has 16 heavy (non-hydrogen) atoms. The second-order valence-electron chi connectivity index (χ2n) is 3.69. The molecule has 88 valence electrons. The molecule has 1 unspecified atom stereocenters. The fraction of sp³-hybridized carbons (Fsp3) is 0.417. The molecule has 0 aromatic heterocycles. The normalized spacial score (nSPS) is 12.2. The van der Waals surface area contributed by atoms with Crippen LogP contribution < -0.4 is 5.32 Å². The van der Waals surface area contributed by atoms with Crippen LogP contribution in [-0.2, 0) is 0 Å². The third-order valence-corrected chi connectivity index (χ3v) is 2.86. The van der Waals surface area contributed by atoms with Crippen molar-refractivity contribution in [2.75, 3.05) is 5.88 Å². The maximum atomic E-state index is 11.8. The Kier molecular flexibility index (Phi) is 5.64. The van der Waals surface area contributed by atoms with E-state index in [0.29, 0.717) is 16.5 Å². The van der Waals surface area contributed by atoms with Crippen molar-refractivity contribution >= 4 is 29.1 Å². The van der Waals surface area contributed by atoms with Crippen molar-refractivity contribution in [3.63, 3.8) is 0 Å². The van der Waals surface area contributed by atoms with E-state index >= 15 is 0 Å². The minimum Gasteiger partial charge on any atom is -0.350 e. The van der Waals surface area contributed by atoms with Crippen LogP contribution in [0.5, 0.6) is 0 Å². The third-order valence-electron chi connectivity index (χ3n) is 2.27. The molecule has 0 saturated heterocycles. The highest BCUT2D eigenvalue weighted by atomic mass is 35.5. The van der Waals surface area contributed by atoms with Crippen LogP contribution in [0, 0.1) is 0 Å². The summed E-state index contributed by atoms with van der Waals surface area (Å²) in [5, 5.41) is 3.37. The fourth-order valence-corrected chi connectivity index (χ4v) is 1.78. The summed E-state index contributed by atoms with van der Waals surface area (Å²) >= 11 is 11.5. The zero-order valence-electron chi connectivity index (χ0n) is 9.17. The molecule has 0 aliphatic rings. The fourth-order valence-electron chi connectivity index (χ4n) is 1.40. The van der Waals surface area contributed by atoms with E-state index in [2.05, 4.69) is 5.32 Å². The Morgan fingerprint density at radius 3 is 2.75 bits per heavy atom. The Morgan fingerprint density at radius 1 is 1.44 bits per heavy atom. The second-order valence-corrected chi connectivity index (χ2v) is 4.47. The van der Waals surface area contributed by atoms with Crippen LogP contribution in [-0.4, -0.2) is 17.8 Å². The van der Waals surface area contributed by atoms with Gasteiger partial charge in [-0.15, -0.1) is 11.6 Å². The molecule has 0 bridgehead atoms. The molecule has 1 aromatic rings. The third kappa shape index (κ3) is 4.03. The van der Waals surface area contributed by atoms with Gasteiger partial charge in [0.05, 0.1) is 10.6 Å². The van der Waals surface area contributed by atoms with Gasteiger partial charge in [-0.25, -0.2) is 0 Å². The molecule has 1 rings (SSSR count). The highest BCUT2D eigenvalue weighted by Gasteiger charge is 2.11. The van der Waals surface area contributed by atoms with Crippen molar-refractivity contribution in [1.29, 1.82) is 0 Å². The summed E-state index contributed by atoms with van der Waals surface area (Å²) in [7, 11) is 0. The molecule has 1 N–H and O–H groups in total. The molecule has 1 atom stereocenters. The van der Waals surface area contributed by atoms with E-state index in [1.165, 1.54) is 0 Å². The lowest BCUT2D eigenvalue weighted by molar-refractivity contribution is 0.0938. The first-order valence-corrected chi connectivity index (χ1v) is 6.17. The van der Waals surface area contributed by atoms with Gasteiger partial charge in [0, 0.05) is 11.9 Å². The maximum Gasteiger partial charge on any atom is 0.252 e. The van der Waals surface area contributed by atoms with Gasteiger partial charge in [-0.1, -0.05) is 23.7 Å². The average molecular weight is 260 g/mol. The minimum atomic E-state index is -0.132. The minimum absolute atomic E-state index is 0.113. The summed E-state index contributed by atoms with van der Waals surface area (Å²) in [5.41, 5.74) is 0.516. The van der Waals surface area contributed by atoms with Crippen LogP contribution in [0.25, 0.3) is 0 Å². The first-order chi connectivity index (χ1) is 7.65. The van der Waals surface area contributed by atoms with Crippen molar-refractivity contribution in [3.05, 3.63) is 34.9 Å². The van der Waals surface area contributed by atoms with E-state index in [1.54, 1.807) is 24.3 Å². The summed E-state index contributed by atoms with van der Waals surface area (Å²) in [5.74, 6) is 0.486. The molecule has 4 heteroatoms. The lowest BCUT2D eigenvalue weighted by Gasteiger charge is -2.13. The maximum absolute atomic E-state index is 11.8. The van der Waals surface area contributed by atoms with Crippen LogP contribution >= 0.6 is 23.2 Å². The van der Waals surface area contributed by atoms with Gasteiger partial charge < -0.3 is 5.32 Å². The highest BCUT2D eigenvalue weighted by molar-refractivity contribution is 6.33. The van der Waals surface area contributed by atoms with Crippen molar-refractivity contribution in [3.8, 4) is 0 Å². The summed E-state index contributed by atoms with van der Waals surface area (Å²) in [4.78, 5) is 11.8. The number of alkyl halides is 1. The molecule has 0 heterocycles. The molecule has 0 fully saturated rings. The quantitative estimate of drug-likeness (QED) is 0.807. The number of hydrogen-bond acceptors (Lipinski definition) is 1. The molecule has 0 aliphatic carbocycles. The molecule has 0 radical (unpaired) electrons. The highest BCUT2D eigenvalue weighted by Crippen LogP contribution is 2.14. The molecule has 1 aromatic carbocycles. The zero-order chi connectivity index (χ0) is 12.0. The van der Waals surface area contributed by atoms with Crippen LogP contribution in [0.15, 0.2) is 24.3 Å². The first kappa shape index (κ1) is 13.3. The van der Waals surface area contributed by atoms with E-state index in [4.69, 9.17) is 23.2 Å². The van der Waals surface area contributed by atoms with E-state index in [0.717, 1.165) is 12.8 Å². The molecule has 0 spiro atoms. The van der Waals surface area contributed by atoms with Crippen LogP contribution in [0.1, 0.15) is 30.1 Å². The Morgan fingerprint density at radius 2 is 2.12 bits per heavy atom. The van der Waals surface area contributed by atoms with Gasteiger partial charge >= 0.3 is 0 Å². The number of hydrogen-bond donors (Lipinski definition) is 1. The topological polar surface area (TPSA) is 29.1 Å². The second kappa shape index (κ2) is 6.77. The smallest absolute Gasteiger partial charge is 0.252 e. The Balaban J connectivity index is 2.56. The Bertz CT molecular complexity index is 355. The Labute approximate surface area is 106 Å². The van der Waals surface area contributed by atoms with Gasteiger partial charge in [0.1, 0.15) is 0 Å². The van der Waals surface area contributed by atoms with Gasteiger partial charge in [0.25, 0.3) is 5.91 Å². The average Bonchev–Trinajstić information content (AvgIpc) is 2.26. The monoisotopic (exact) mass is 259 g/mol. The van der Waals surface area contributed by atoms with Crippen molar-refractivity contribution in [1.82, 2.24) is 5.32 Å². The molecule has 0 saturated carbocycles. The van der Waals surface area contributed by atoms with E-state index in [-0.39, 0.29) is 11.9 Å². The van der Waals surface area contributed by atoms with E-state index < -0.39 is 0 Å². The number of carbonyl (C=O) groups is 1. The Hall–Kier alpha value is -0.730. The van der Waals surface area contributed by atoms with Crippen molar-refractivity contribution in [2.45, 2.75) is 25.8 Å². The van der Waals surface area contributed by atoms with Crippen molar-refractivity contribution in [2.24, 2.45) is 0 Å². The lowest BCUT2D eigenvalue weighted by atomic mass is 10.1. The first-order valence-electron chi connectivity index (χ1n) is 5.26. The molecule has 1 amide bonds. The van der Waals surface area contributed by atoms with Crippen LogP contribution in [0.4, 0.5) is 0 Å². The van der Waals surface area contributed by atoms with Gasteiger partial charge in [-0.05, 0) is 31.9 Å². The SMILES string of the molecule is CC(CCCCl)NC(=O)c1ccccc1Cl. The number of benzene rings is 1. The van der Waals surface area contributed by atoms with Gasteiger partial charge in [0.2, 0.25) is 0 Å². The molecule has 2 nitrogen and oxygen atoms in total. The van der Waals surface area contributed by atoms with Crippen LogP contribution in [0.3, 0.4) is 0 Å². The number of amides is 1. The van der Waals surface area contributed by atoms with Gasteiger partial charge in [0.15, 0.2) is 0 Å². The number of rotatable bonds is 5. The summed E-state index contributed by atoms with van der Waals surface area (Å²) in [6, 6.07) is 7.13. The van der Waals surface area contributed by atoms with Gasteiger partial charge in [-0.3, -0.25) is 4.79 Å². The van der Waals surface area contributed by atoms with E-state index in [1.807, 2.05) is 6.92 Å². The summed E-state index contributed by atoms with van der Waals surface area (Å²) in [6.07, 6.45) is 1.77. The molecular formula is C12H15Cl2NO. The molecular weight excluding hydrogens is 245 g/mol. The molecule has 0 aliphatic heterocycles. The largest absolute Gasteiger partial charge is 0.350 e. The van der Waals surface area contributed by atoms with Crippen LogP contribution in [0.2, 0.25) is 5.02 Å². The standard InChI is InChI=1S/C12H15Cl2NO/c1-9(5-4-8-13)15-12(16)10-6-2-3-7-11(10)14/h2-3,6-7,9H,4-5,8H2,1H3,(H,15,16). The summed E-state index contributed by atoms with van der Waals surface area (Å²) in [6.45, 7) is 1.96. The zero-order valence-corrected chi connectivity index (χ0v) is 10.7. The lowest BCUT2D eigenvalue weighted by Crippen LogP contribution is -2.32. The number of halogens is 2.